The summed E-state index contributed by atoms with van der Waals surface area (Å²) in [6.45, 7) is 0.921. The van der Waals surface area contributed by atoms with E-state index in [1.165, 1.54) is 5.56 Å². The molecule has 0 spiro atoms. The number of fused-ring (bicyclic) bond motifs is 1. The molecule has 0 bridgehead atoms. The number of hydrogen-bond donors (Lipinski definition) is 1. The molecule has 0 amide bonds. The molecule has 128 valence electrons. The second kappa shape index (κ2) is 6.91. The first-order valence-corrected chi connectivity index (χ1v) is 9.34. The highest BCUT2D eigenvalue weighted by molar-refractivity contribution is 6.42. The van der Waals surface area contributed by atoms with Gasteiger partial charge in [-0.2, -0.15) is 5.10 Å². The summed E-state index contributed by atoms with van der Waals surface area (Å²) in [6, 6.07) is 13.4. The summed E-state index contributed by atoms with van der Waals surface area (Å²) in [5, 5.41) is 10.1. The summed E-state index contributed by atoms with van der Waals surface area (Å²) in [5.41, 5.74) is 3.93. The van der Waals surface area contributed by atoms with E-state index in [1.807, 2.05) is 47.1 Å². The van der Waals surface area contributed by atoms with Crippen molar-refractivity contribution in [1.82, 2.24) is 9.78 Å². The largest absolute Gasteiger partial charge is 0.370 e. The van der Waals surface area contributed by atoms with Crippen molar-refractivity contribution in [3.8, 4) is 16.9 Å². The standard InChI is InChI=1S/C19H16Cl3N3/c20-14-9-8-12(11-16(14)22)18-13-5-3-4-10-23-19(13)25(24-18)17-7-2-1-6-15(17)21/h1-2,6-9,11,23H,3-5,10H2. The molecule has 0 radical (unpaired) electrons. The van der Waals surface area contributed by atoms with Gasteiger partial charge in [-0.25, -0.2) is 4.68 Å². The van der Waals surface area contributed by atoms with Crippen molar-refractivity contribution in [3.05, 3.63) is 63.1 Å². The van der Waals surface area contributed by atoms with Gasteiger partial charge >= 0.3 is 0 Å². The molecule has 0 atom stereocenters. The molecule has 1 aliphatic rings. The van der Waals surface area contributed by atoms with Crippen molar-refractivity contribution in [2.45, 2.75) is 19.3 Å². The van der Waals surface area contributed by atoms with Crippen LogP contribution in [0.5, 0.6) is 0 Å². The summed E-state index contributed by atoms with van der Waals surface area (Å²) < 4.78 is 1.90. The zero-order valence-electron chi connectivity index (χ0n) is 13.4. The van der Waals surface area contributed by atoms with Crippen molar-refractivity contribution in [2.24, 2.45) is 0 Å². The van der Waals surface area contributed by atoms with Crippen molar-refractivity contribution >= 4 is 40.6 Å². The Labute approximate surface area is 161 Å². The van der Waals surface area contributed by atoms with Crippen LogP contribution in [0.15, 0.2) is 42.5 Å². The van der Waals surface area contributed by atoms with E-state index in [9.17, 15) is 0 Å². The molecule has 1 aromatic heterocycles. The second-order valence-corrected chi connectivity index (χ2v) is 7.27. The number of para-hydroxylation sites is 1. The maximum Gasteiger partial charge on any atom is 0.133 e. The molecule has 1 N–H and O–H groups in total. The highest BCUT2D eigenvalue weighted by Crippen LogP contribution is 2.37. The van der Waals surface area contributed by atoms with Crippen LogP contribution in [0, 0.1) is 0 Å². The molecule has 3 nitrogen and oxygen atoms in total. The third-order valence-electron chi connectivity index (χ3n) is 4.40. The Morgan fingerprint density at radius 2 is 1.76 bits per heavy atom. The molecular weight excluding hydrogens is 377 g/mol. The van der Waals surface area contributed by atoms with Gasteiger partial charge < -0.3 is 5.32 Å². The van der Waals surface area contributed by atoms with Gasteiger partial charge in [-0.15, -0.1) is 0 Å². The molecule has 3 aromatic rings. The normalized spacial score (nSPS) is 13.9. The van der Waals surface area contributed by atoms with Gasteiger partial charge in [0, 0.05) is 17.7 Å². The van der Waals surface area contributed by atoms with Gasteiger partial charge in [0.05, 0.1) is 26.4 Å². The van der Waals surface area contributed by atoms with Gasteiger partial charge in [-0.1, -0.05) is 53.0 Å². The minimum atomic E-state index is 0.529. The van der Waals surface area contributed by atoms with E-state index >= 15 is 0 Å². The maximum absolute atomic E-state index is 6.42. The Kier molecular flexibility index (Phi) is 4.63. The van der Waals surface area contributed by atoms with Crippen molar-refractivity contribution in [1.29, 1.82) is 0 Å². The molecule has 2 aromatic carbocycles. The van der Waals surface area contributed by atoms with Crippen LogP contribution >= 0.6 is 34.8 Å². The molecular formula is C19H16Cl3N3. The molecule has 0 saturated carbocycles. The fourth-order valence-corrected chi connectivity index (χ4v) is 3.69. The number of nitrogens with zero attached hydrogens (tertiary/aromatic N) is 2. The zero-order chi connectivity index (χ0) is 17.4. The minimum Gasteiger partial charge on any atom is -0.370 e. The van der Waals surface area contributed by atoms with E-state index in [2.05, 4.69) is 5.32 Å². The lowest BCUT2D eigenvalue weighted by Crippen LogP contribution is -2.07. The van der Waals surface area contributed by atoms with E-state index in [-0.39, 0.29) is 0 Å². The van der Waals surface area contributed by atoms with Gasteiger partial charge in [0.15, 0.2) is 0 Å². The van der Waals surface area contributed by atoms with Gasteiger partial charge in [-0.3, -0.25) is 0 Å². The van der Waals surface area contributed by atoms with Crippen molar-refractivity contribution in [3.63, 3.8) is 0 Å². The first kappa shape index (κ1) is 16.8. The van der Waals surface area contributed by atoms with Crippen LogP contribution in [0.2, 0.25) is 15.1 Å². The molecule has 0 unspecified atom stereocenters. The molecule has 0 saturated heterocycles. The first-order valence-electron chi connectivity index (χ1n) is 8.21. The number of rotatable bonds is 2. The number of halogens is 3. The summed E-state index contributed by atoms with van der Waals surface area (Å²) in [5.74, 6) is 1.01. The van der Waals surface area contributed by atoms with E-state index in [0.717, 1.165) is 48.6 Å². The van der Waals surface area contributed by atoms with Crippen LogP contribution in [0.4, 0.5) is 5.82 Å². The predicted octanol–water partition coefficient (Wildman–Crippen LogP) is 6.25. The van der Waals surface area contributed by atoms with Crippen LogP contribution < -0.4 is 5.32 Å². The fraction of sp³-hybridized carbons (Fsp3) is 0.211. The highest BCUT2D eigenvalue weighted by Gasteiger charge is 2.22. The Bertz CT molecular complexity index is 934. The molecule has 25 heavy (non-hydrogen) atoms. The van der Waals surface area contributed by atoms with Crippen LogP contribution in [0.3, 0.4) is 0 Å². The SMILES string of the molecule is Clc1ccc(-c2nn(-c3ccccc3Cl)c3c2CCCCN3)cc1Cl. The van der Waals surface area contributed by atoms with Crippen LogP contribution in [-0.4, -0.2) is 16.3 Å². The lowest BCUT2D eigenvalue weighted by atomic mass is 10.0. The molecule has 4 rings (SSSR count). The van der Waals surface area contributed by atoms with Crippen LogP contribution in [-0.2, 0) is 6.42 Å². The average molecular weight is 393 g/mol. The molecule has 1 aliphatic heterocycles. The lowest BCUT2D eigenvalue weighted by molar-refractivity contribution is 0.780. The van der Waals surface area contributed by atoms with Gasteiger partial charge in [0.25, 0.3) is 0 Å². The lowest BCUT2D eigenvalue weighted by Gasteiger charge is -2.10. The minimum absolute atomic E-state index is 0.529. The zero-order valence-corrected chi connectivity index (χ0v) is 15.7. The number of anilines is 1. The molecule has 0 aliphatic carbocycles. The number of nitrogens with one attached hydrogen (secondary N) is 1. The predicted molar refractivity (Wildman–Crippen MR) is 105 cm³/mol. The average Bonchev–Trinajstić information content (AvgIpc) is 2.79. The quantitative estimate of drug-likeness (QED) is 0.559. The Morgan fingerprint density at radius 1 is 0.920 bits per heavy atom. The maximum atomic E-state index is 6.42. The second-order valence-electron chi connectivity index (χ2n) is 6.05. The monoisotopic (exact) mass is 391 g/mol. The topological polar surface area (TPSA) is 29.9 Å². The smallest absolute Gasteiger partial charge is 0.133 e. The van der Waals surface area contributed by atoms with Crippen molar-refractivity contribution in [2.75, 3.05) is 11.9 Å². The van der Waals surface area contributed by atoms with Crippen LogP contribution in [0.1, 0.15) is 18.4 Å². The number of aromatic nitrogens is 2. The summed E-state index contributed by atoms with van der Waals surface area (Å²) in [4.78, 5) is 0. The third kappa shape index (κ3) is 3.12. The third-order valence-corrected chi connectivity index (χ3v) is 5.46. The summed E-state index contributed by atoms with van der Waals surface area (Å²) in [7, 11) is 0. The van der Waals surface area contributed by atoms with Crippen molar-refractivity contribution < 1.29 is 0 Å². The van der Waals surface area contributed by atoms with E-state index < -0.39 is 0 Å². The summed E-state index contributed by atoms with van der Waals surface area (Å²) >= 11 is 18.7. The van der Waals surface area contributed by atoms with Gasteiger partial charge in [0.2, 0.25) is 0 Å². The van der Waals surface area contributed by atoms with E-state index in [1.54, 1.807) is 0 Å². The van der Waals surface area contributed by atoms with E-state index in [4.69, 9.17) is 39.9 Å². The van der Waals surface area contributed by atoms with Crippen LogP contribution in [0.25, 0.3) is 16.9 Å². The summed E-state index contributed by atoms with van der Waals surface area (Å²) in [6.07, 6.45) is 3.20. The highest BCUT2D eigenvalue weighted by atomic mass is 35.5. The Hall–Kier alpha value is -1.68. The molecule has 0 fully saturated rings. The Morgan fingerprint density at radius 3 is 2.56 bits per heavy atom. The first-order chi connectivity index (χ1) is 12.1. The number of hydrogen-bond acceptors (Lipinski definition) is 2. The van der Waals surface area contributed by atoms with Gasteiger partial charge in [0.1, 0.15) is 5.82 Å². The fourth-order valence-electron chi connectivity index (χ4n) is 3.18. The van der Waals surface area contributed by atoms with E-state index in [0.29, 0.717) is 15.1 Å². The molecule has 2 heterocycles. The Balaban J connectivity index is 1.93. The molecule has 6 heteroatoms. The number of benzene rings is 2. The van der Waals surface area contributed by atoms with Gasteiger partial charge in [-0.05, 0) is 43.5 Å².